The molecule has 19 heavy (non-hydrogen) atoms. The van der Waals surface area contributed by atoms with E-state index >= 15 is 0 Å². The third-order valence-electron chi connectivity index (χ3n) is 3.66. The van der Waals surface area contributed by atoms with Gasteiger partial charge in [0.25, 0.3) is 0 Å². The average molecular weight is 345 g/mol. The summed E-state index contributed by atoms with van der Waals surface area (Å²) in [6.45, 7) is 12.6. The summed E-state index contributed by atoms with van der Waals surface area (Å²) in [6, 6.07) is 2.92. The van der Waals surface area contributed by atoms with E-state index in [4.69, 9.17) is 0 Å². The van der Waals surface area contributed by atoms with Crippen LogP contribution in [0.15, 0.2) is 15.9 Å². The van der Waals surface area contributed by atoms with Crippen LogP contribution in [0.2, 0.25) is 0 Å². The Balaban J connectivity index is 2.06. The van der Waals surface area contributed by atoms with Crippen molar-refractivity contribution in [1.82, 2.24) is 10.2 Å². The lowest BCUT2D eigenvalue weighted by Crippen LogP contribution is -2.61. The number of hydrogen-bond acceptors (Lipinski definition) is 3. The molecule has 0 radical (unpaired) electrons. The van der Waals surface area contributed by atoms with Crippen molar-refractivity contribution < 1.29 is 0 Å². The number of rotatable bonds is 4. The molecule has 1 aliphatic rings. The van der Waals surface area contributed by atoms with Crippen LogP contribution in [0.1, 0.15) is 39.0 Å². The zero-order valence-corrected chi connectivity index (χ0v) is 14.8. The molecule has 1 atom stereocenters. The van der Waals surface area contributed by atoms with Crippen molar-refractivity contribution in [2.45, 2.75) is 52.2 Å². The second-order valence-electron chi connectivity index (χ2n) is 6.68. The zero-order chi connectivity index (χ0) is 14.0. The molecule has 1 N–H and O–H groups in total. The summed E-state index contributed by atoms with van der Waals surface area (Å²) in [5, 5.41) is 5.87. The molecule has 2 heterocycles. The third kappa shape index (κ3) is 4.55. The minimum Gasteiger partial charge on any atom is -0.309 e. The Bertz CT molecular complexity index is 414. The van der Waals surface area contributed by atoms with Crippen LogP contribution in [0.4, 0.5) is 0 Å². The lowest BCUT2D eigenvalue weighted by atomic mass is 9.94. The Morgan fingerprint density at radius 1 is 1.53 bits per heavy atom. The summed E-state index contributed by atoms with van der Waals surface area (Å²) in [7, 11) is 0. The van der Waals surface area contributed by atoms with E-state index in [2.05, 4.69) is 65.3 Å². The fraction of sp³-hybridized carbons (Fsp3) is 0.733. The largest absolute Gasteiger partial charge is 0.309 e. The molecule has 0 spiro atoms. The number of halogens is 1. The van der Waals surface area contributed by atoms with E-state index in [0.29, 0.717) is 6.04 Å². The molecule has 108 valence electrons. The van der Waals surface area contributed by atoms with Crippen LogP contribution in [0.25, 0.3) is 0 Å². The quantitative estimate of drug-likeness (QED) is 0.884. The highest BCUT2D eigenvalue weighted by Gasteiger charge is 2.32. The summed E-state index contributed by atoms with van der Waals surface area (Å²) in [5.41, 5.74) is 0.224. The maximum atomic E-state index is 3.69. The molecule has 1 fully saturated rings. The van der Waals surface area contributed by atoms with Crippen LogP contribution >= 0.6 is 27.3 Å². The number of nitrogens with zero attached hydrogens (tertiary/aromatic N) is 1. The standard InChI is InChI=1S/C15H25BrN2S/c1-11(2)5-13-7-17-15(3,4)10-18(13)8-14-6-12(16)9-19-14/h6,9,11,13,17H,5,7-8,10H2,1-4H3. The molecule has 0 aromatic carbocycles. The first-order valence-electron chi connectivity index (χ1n) is 7.08. The average Bonchev–Trinajstić information content (AvgIpc) is 2.67. The smallest absolute Gasteiger partial charge is 0.0332 e. The van der Waals surface area contributed by atoms with Crippen LogP contribution in [-0.4, -0.2) is 29.6 Å². The number of piperazine rings is 1. The van der Waals surface area contributed by atoms with Gasteiger partial charge in [0.15, 0.2) is 0 Å². The van der Waals surface area contributed by atoms with Crippen molar-refractivity contribution in [1.29, 1.82) is 0 Å². The topological polar surface area (TPSA) is 15.3 Å². The molecule has 1 aliphatic heterocycles. The molecule has 1 aromatic heterocycles. The summed E-state index contributed by atoms with van der Waals surface area (Å²) < 4.78 is 1.21. The molecule has 0 amide bonds. The van der Waals surface area contributed by atoms with Gasteiger partial charge in [0, 0.05) is 45.9 Å². The van der Waals surface area contributed by atoms with Crippen LogP contribution in [0.3, 0.4) is 0 Å². The van der Waals surface area contributed by atoms with Gasteiger partial charge in [-0.2, -0.15) is 0 Å². The molecule has 1 unspecified atom stereocenters. The highest BCUT2D eigenvalue weighted by molar-refractivity contribution is 9.10. The van der Waals surface area contributed by atoms with Gasteiger partial charge in [-0.15, -0.1) is 11.3 Å². The van der Waals surface area contributed by atoms with Crippen molar-refractivity contribution in [2.24, 2.45) is 5.92 Å². The van der Waals surface area contributed by atoms with Gasteiger partial charge in [-0.25, -0.2) is 0 Å². The van der Waals surface area contributed by atoms with Gasteiger partial charge in [0.2, 0.25) is 0 Å². The maximum Gasteiger partial charge on any atom is 0.0332 e. The molecular formula is C15H25BrN2S. The lowest BCUT2D eigenvalue weighted by Gasteiger charge is -2.45. The number of hydrogen-bond donors (Lipinski definition) is 1. The van der Waals surface area contributed by atoms with Gasteiger partial charge in [-0.1, -0.05) is 13.8 Å². The summed E-state index contributed by atoms with van der Waals surface area (Å²) in [4.78, 5) is 4.12. The van der Waals surface area contributed by atoms with Gasteiger partial charge in [-0.3, -0.25) is 4.90 Å². The van der Waals surface area contributed by atoms with Gasteiger partial charge >= 0.3 is 0 Å². The second-order valence-corrected chi connectivity index (χ2v) is 8.60. The fourth-order valence-electron chi connectivity index (χ4n) is 2.81. The van der Waals surface area contributed by atoms with Crippen LogP contribution in [0, 0.1) is 5.92 Å². The first-order chi connectivity index (χ1) is 8.85. The normalized spacial score (nSPS) is 24.0. The minimum absolute atomic E-state index is 0.224. The van der Waals surface area contributed by atoms with Crippen molar-refractivity contribution in [3.8, 4) is 0 Å². The molecule has 4 heteroatoms. The van der Waals surface area contributed by atoms with Crippen LogP contribution in [0.5, 0.6) is 0 Å². The fourth-order valence-corrected chi connectivity index (χ4v) is 4.29. The molecule has 2 rings (SSSR count). The molecule has 0 saturated carbocycles. The second kappa shape index (κ2) is 6.25. The Kier molecular flexibility index (Phi) is 5.09. The summed E-state index contributed by atoms with van der Waals surface area (Å²) in [6.07, 6.45) is 1.27. The van der Waals surface area contributed by atoms with E-state index in [1.54, 1.807) is 0 Å². The van der Waals surface area contributed by atoms with E-state index in [-0.39, 0.29) is 5.54 Å². The third-order valence-corrected chi connectivity index (χ3v) is 5.34. The Morgan fingerprint density at radius 2 is 2.26 bits per heavy atom. The molecule has 1 saturated heterocycles. The first kappa shape index (κ1) is 15.5. The van der Waals surface area contributed by atoms with Crippen LogP contribution in [-0.2, 0) is 6.54 Å². The van der Waals surface area contributed by atoms with E-state index in [9.17, 15) is 0 Å². The first-order valence-corrected chi connectivity index (χ1v) is 8.75. The SMILES string of the molecule is CC(C)CC1CNC(C)(C)CN1Cc1cc(Br)cs1. The lowest BCUT2D eigenvalue weighted by molar-refractivity contribution is 0.0769. The number of thiophene rings is 1. The van der Waals surface area contributed by atoms with Crippen molar-refractivity contribution in [3.05, 3.63) is 20.8 Å². The summed E-state index contributed by atoms with van der Waals surface area (Å²) >= 11 is 5.41. The predicted molar refractivity (Wildman–Crippen MR) is 87.8 cm³/mol. The van der Waals surface area contributed by atoms with Gasteiger partial charge < -0.3 is 5.32 Å². The van der Waals surface area contributed by atoms with Crippen molar-refractivity contribution in [3.63, 3.8) is 0 Å². The number of nitrogens with one attached hydrogen (secondary N) is 1. The Labute approximate surface area is 129 Å². The Morgan fingerprint density at radius 3 is 2.84 bits per heavy atom. The van der Waals surface area contributed by atoms with E-state index < -0.39 is 0 Å². The highest BCUT2D eigenvalue weighted by atomic mass is 79.9. The van der Waals surface area contributed by atoms with E-state index in [1.807, 2.05) is 11.3 Å². The molecule has 0 bridgehead atoms. The van der Waals surface area contributed by atoms with Gasteiger partial charge in [0.1, 0.15) is 0 Å². The molecule has 1 aromatic rings. The van der Waals surface area contributed by atoms with E-state index in [1.165, 1.54) is 15.8 Å². The Hall–Kier alpha value is 0.1000. The van der Waals surface area contributed by atoms with Crippen molar-refractivity contribution in [2.75, 3.05) is 13.1 Å². The predicted octanol–water partition coefficient (Wildman–Crippen LogP) is 4.11. The van der Waals surface area contributed by atoms with Crippen LogP contribution < -0.4 is 5.32 Å². The van der Waals surface area contributed by atoms with Crippen molar-refractivity contribution >= 4 is 27.3 Å². The van der Waals surface area contributed by atoms with Gasteiger partial charge in [-0.05, 0) is 48.2 Å². The van der Waals surface area contributed by atoms with E-state index in [0.717, 1.165) is 25.6 Å². The highest BCUT2D eigenvalue weighted by Crippen LogP contribution is 2.26. The molecular weight excluding hydrogens is 320 g/mol. The zero-order valence-electron chi connectivity index (χ0n) is 12.4. The summed E-state index contributed by atoms with van der Waals surface area (Å²) in [5.74, 6) is 0.755. The maximum absolute atomic E-state index is 3.69. The van der Waals surface area contributed by atoms with Gasteiger partial charge in [0.05, 0.1) is 0 Å². The monoisotopic (exact) mass is 344 g/mol. The molecule has 2 nitrogen and oxygen atoms in total. The molecule has 0 aliphatic carbocycles. The minimum atomic E-state index is 0.224.